The van der Waals surface area contributed by atoms with Gasteiger partial charge in [-0.15, -0.1) is 0 Å². The minimum absolute atomic E-state index is 0.288. The monoisotopic (exact) mass is 359 g/mol. The lowest BCUT2D eigenvalue weighted by Crippen LogP contribution is -2.39. The average Bonchev–Trinajstić information content (AvgIpc) is 3.03. The summed E-state index contributed by atoms with van der Waals surface area (Å²) in [5, 5.41) is 10.5. The predicted octanol–water partition coefficient (Wildman–Crippen LogP) is 4.54. The third kappa shape index (κ3) is 3.99. The van der Waals surface area contributed by atoms with Crippen LogP contribution in [0.25, 0.3) is 11.1 Å². The summed E-state index contributed by atoms with van der Waals surface area (Å²) in [5.41, 5.74) is 4.93. The largest absolute Gasteiger partial charge is 0.491 e. The van der Waals surface area contributed by atoms with Crippen molar-refractivity contribution >= 4 is 5.69 Å². The Balaban J connectivity index is 1.34. The average molecular weight is 359 g/mol. The summed E-state index contributed by atoms with van der Waals surface area (Å²) in [6, 6.07) is 27.1. The summed E-state index contributed by atoms with van der Waals surface area (Å²) in [6.45, 7) is 3.08. The number of aliphatic hydroxyl groups excluding tert-OH is 1. The van der Waals surface area contributed by atoms with Crippen LogP contribution in [-0.2, 0) is 6.42 Å². The number of para-hydroxylation sites is 1. The minimum atomic E-state index is -0.535. The van der Waals surface area contributed by atoms with Gasteiger partial charge in [0, 0.05) is 18.3 Å². The number of aliphatic hydroxyl groups is 1. The maximum absolute atomic E-state index is 10.5. The fourth-order valence-corrected chi connectivity index (χ4v) is 3.75. The molecule has 0 saturated carbocycles. The molecule has 3 heteroatoms. The van der Waals surface area contributed by atoms with Crippen molar-refractivity contribution in [2.45, 2.75) is 25.5 Å². The van der Waals surface area contributed by atoms with Crippen LogP contribution in [0.3, 0.4) is 0 Å². The number of anilines is 1. The Hall–Kier alpha value is -2.78. The minimum Gasteiger partial charge on any atom is -0.491 e. The molecule has 138 valence electrons. The van der Waals surface area contributed by atoms with Gasteiger partial charge in [-0.05, 0) is 48.2 Å². The summed E-state index contributed by atoms with van der Waals surface area (Å²) in [6.07, 6.45) is 0.498. The Kier molecular flexibility index (Phi) is 5.12. The van der Waals surface area contributed by atoms with Crippen LogP contribution in [0.15, 0.2) is 78.9 Å². The highest BCUT2D eigenvalue weighted by atomic mass is 16.5. The van der Waals surface area contributed by atoms with Crippen molar-refractivity contribution in [1.82, 2.24) is 0 Å². The maximum Gasteiger partial charge on any atom is 0.119 e. The van der Waals surface area contributed by atoms with Gasteiger partial charge in [0.1, 0.15) is 18.5 Å². The molecule has 27 heavy (non-hydrogen) atoms. The molecule has 1 aliphatic rings. The van der Waals surface area contributed by atoms with Gasteiger partial charge in [0.2, 0.25) is 0 Å². The Morgan fingerprint density at radius 3 is 2.37 bits per heavy atom. The van der Waals surface area contributed by atoms with Gasteiger partial charge in [0.05, 0.1) is 0 Å². The molecule has 0 fully saturated rings. The highest BCUT2D eigenvalue weighted by molar-refractivity contribution is 5.64. The highest BCUT2D eigenvalue weighted by Gasteiger charge is 2.27. The Morgan fingerprint density at radius 2 is 1.59 bits per heavy atom. The fourth-order valence-electron chi connectivity index (χ4n) is 3.75. The molecule has 0 spiro atoms. The van der Waals surface area contributed by atoms with Crippen molar-refractivity contribution in [2.24, 2.45) is 0 Å². The van der Waals surface area contributed by atoms with E-state index in [-0.39, 0.29) is 6.61 Å². The lowest BCUT2D eigenvalue weighted by molar-refractivity contribution is 0.111. The zero-order valence-corrected chi connectivity index (χ0v) is 15.6. The van der Waals surface area contributed by atoms with Gasteiger partial charge in [-0.25, -0.2) is 0 Å². The van der Waals surface area contributed by atoms with E-state index in [2.05, 4.69) is 60.4 Å². The molecule has 2 unspecified atom stereocenters. The zero-order valence-electron chi connectivity index (χ0n) is 15.6. The SMILES string of the molecule is CC1Cc2ccccc2N1CC(O)COc1ccc(-c2ccccc2)cc1. The normalized spacial score (nSPS) is 16.8. The number of β-amino-alcohol motifs (C(OH)–C–C–N with tert-alkyl or cyclic N) is 1. The van der Waals surface area contributed by atoms with Crippen molar-refractivity contribution in [3.05, 3.63) is 84.4 Å². The fraction of sp³-hybridized carbons (Fsp3) is 0.250. The second-order valence-electron chi connectivity index (χ2n) is 7.19. The predicted molar refractivity (Wildman–Crippen MR) is 110 cm³/mol. The van der Waals surface area contributed by atoms with Crippen LogP contribution in [0.5, 0.6) is 5.75 Å². The number of fused-ring (bicyclic) bond motifs is 1. The quantitative estimate of drug-likeness (QED) is 0.701. The van der Waals surface area contributed by atoms with Crippen LogP contribution in [0.1, 0.15) is 12.5 Å². The Morgan fingerprint density at radius 1 is 0.926 bits per heavy atom. The van der Waals surface area contributed by atoms with E-state index in [0.29, 0.717) is 12.6 Å². The summed E-state index contributed by atoms with van der Waals surface area (Å²) in [4.78, 5) is 2.28. The molecule has 3 aromatic rings. The van der Waals surface area contributed by atoms with Gasteiger partial charge >= 0.3 is 0 Å². The number of benzene rings is 3. The van der Waals surface area contributed by atoms with E-state index in [9.17, 15) is 5.11 Å². The number of ether oxygens (including phenoxy) is 1. The van der Waals surface area contributed by atoms with Gasteiger partial charge in [-0.1, -0.05) is 60.7 Å². The van der Waals surface area contributed by atoms with Crippen molar-refractivity contribution in [2.75, 3.05) is 18.1 Å². The topological polar surface area (TPSA) is 32.7 Å². The molecule has 0 bridgehead atoms. The molecule has 0 saturated heterocycles. The lowest BCUT2D eigenvalue weighted by Gasteiger charge is -2.27. The van der Waals surface area contributed by atoms with E-state index in [4.69, 9.17) is 4.74 Å². The number of rotatable bonds is 6. The summed E-state index contributed by atoms with van der Waals surface area (Å²) in [7, 11) is 0. The second kappa shape index (κ2) is 7.85. The zero-order chi connectivity index (χ0) is 18.6. The molecule has 0 radical (unpaired) electrons. The smallest absolute Gasteiger partial charge is 0.119 e. The molecule has 4 rings (SSSR count). The van der Waals surface area contributed by atoms with E-state index in [1.165, 1.54) is 16.8 Å². The first-order valence-electron chi connectivity index (χ1n) is 9.51. The highest BCUT2D eigenvalue weighted by Crippen LogP contribution is 2.31. The Bertz CT molecular complexity index is 876. The van der Waals surface area contributed by atoms with Gasteiger partial charge in [-0.2, -0.15) is 0 Å². The van der Waals surface area contributed by atoms with E-state index in [1.54, 1.807) is 0 Å². The maximum atomic E-state index is 10.5. The standard InChI is InChI=1S/C24H25NO2/c1-18-15-21-9-5-6-10-24(21)25(18)16-22(26)17-27-23-13-11-20(12-14-23)19-7-3-2-4-8-19/h2-14,18,22,26H,15-17H2,1H3. The van der Waals surface area contributed by atoms with Gasteiger partial charge < -0.3 is 14.7 Å². The molecule has 0 aliphatic carbocycles. The summed E-state index contributed by atoms with van der Waals surface area (Å²) in [5.74, 6) is 0.781. The molecule has 1 aliphatic heterocycles. The van der Waals surface area contributed by atoms with Crippen molar-refractivity contribution in [3.8, 4) is 16.9 Å². The van der Waals surface area contributed by atoms with E-state index >= 15 is 0 Å². The molecular weight excluding hydrogens is 334 g/mol. The summed E-state index contributed by atoms with van der Waals surface area (Å²) < 4.78 is 5.82. The first-order chi connectivity index (χ1) is 13.2. The van der Waals surface area contributed by atoms with Crippen LogP contribution < -0.4 is 9.64 Å². The van der Waals surface area contributed by atoms with Gasteiger partial charge in [0.25, 0.3) is 0 Å². The number of hydrogen-bond donors (Lipinski definition) is 1. The molecular formula is C24H25NO2. The Labute approximate surface area is 160 Å². The van der Waals surface area contributed by atoms with Crippen LogP contribution in [-0.4, -0.2) is 30.4 Å². The number of hydrogen-bond acceptors (Lipinski definition) is 3. The van der Waals surface area contributed by atoms with Gasteiger partial charge in [0.15, 0.2) is 0 Å². The van der Waals surface area contributed by atoms with Crippen LogP contribution in [0, 0.1) is 0 Å². The van der Waals surface area contributed by atoms with Crippen LogP contribution in [0.4, 0.5) is 5.69 Å². The summed E-state index contributed by atoms with van der Waals surface area (Å²) >= 11 is 0. The molecule has 1 heterocycles. The van der Waals surface area contributed by atoms with Crippen molar-refractivity contribution in [3.63, 3.8) is 0 Å². The van der Waals surface area contributed by atoms with Crippen molar-refractivity contribution in [1.29, 1.82) is 0 Å². The molecule has 1 N–H and O–H groups in total. The third-order valence-electron chi connectivity index (χ3n) is 5.16. The first kappa shape index (κ1) is 17.6. The van der Waals surface area contributed by atoms with Gasteiger partial charge in [-0.3, -0.25) is 0 Å². The van der Waals surface area contributed by atoms with E-state index in [0.717, 1.165) is 17.7 Å². The molecule has 2 atom stereocenters. The molecule has 0 aromatic heterocycles. The van der Waals surface area contributed by atoms with E-state index < -0.39 is 6.10 Å². The third-order valence-corrected chi connectivity index (χ3v) is 5.16. The van der Waals surface area contributed by atoms with E-state index in [1.807, 2.05) is 30.3 Å². The molecule has 0 amide bonds. The van der Waals surface area contributed by atoms with Crippen LogP contribution >= 0.6 is 0 Å². The van der Waals surface area contributed by atoms with Crippen molar-refractivity contribution < 1.29 is 9.84 Å². The molecule has 3 aromatic carbocycles. The second-order valence-corrected chi connectivity index (χ2v) is 7.19. The first-order valence-corrected chi connectivity index (χ1v) is 9.51. The molecule has 3 nitrogen and oxygen atoms in total. The lowest BCUT2D eigenvalue weighted by atomic mass is 10.1. The van der Waals surface area contributed by atoms with Crippen LogP contribution in [0.2, 0.25) is 0 Å². The number of nitrogens with zero attached hydrogens (tertiary/aromatic N) is 1.